The fourth-order valence-corrected chi connectivity index (χ4v) is 9.75. The molecule has 3 aliphatic heterocycles. The fourth-order valence-electron chi connectivity index (χ4n) is 9.75. The minimum Gasteiger partial charge on any atom is -0.467 e. The number of aromatic nitrogens is 2. The number of carbonyl (C=O) groups is 5. The van der Waals surface area contributed by atoms with E-state index in [1.54, 1.807) is 25.4 Å². The van der Waals surface area contributed by atoms with E-state index in [0.29, 0.717) is 32.4 Å². The van der Waals surface area contributed by atoms with Crippen molar-refractivity contribution in [1.82, 2.24) is 35.1 Å². The maximum Gasteiger partial charge on any atom is 0.298 e. The molecule has 0 spiro atoms. The number of hydrogen-bond donors (Lipinski definition) is 2. The van der Waals surface area contributed by atoms with Crippen LogP contribution in [0.3, 0.4) is 0 Å². The molecule has 0 aliphatic carbocycles. The fraction of sp³-hybridized carbons (Fsp3) is 0.544. The van der Waals surface area contributed by atoms with Gasteiger partial charge in [-0.05, 0) is 117 Å². The molecule has 3 aliphatic rings. The molecule has 4 atom stereocenters. The summed E-state index contributed by atoms with van der Waals surface area (Å²) in [5.74, 6) is 4.81. The molecule has 2 N–H and O–H groups in total. The normalized spacial score (nSPS) is 16.8. The lowest BCUT2D eigenvalue weighted by molar-refractivity contribution is -0.142. The highest BCUT2D eigenvalue weighted by molar-refractivity contribution is 5.96. The van der Waals surface area contributed by atoms with Crippen molar-refractivity contribution in [3.05, 3.63) is 77.6 Å². The Labute approximate surface area is 427 Å². The van der Waals surface area contributed by atoms with Gasteiger partial charge < -0.3 is 33.9 Å². The molecule has 0 radical (unpaired) electrons. The predicted molar refractivity (Wildman–Crippen MR) is 282 cm³/mol. The van der Waals surface area contributed by atoms with Crippen LogP contribution >= 0.6 is 0 Å². The first-order chi connectivity index (χ1) is 34.7. The number of nitrogens with one attached hydrogen (secondary N) is 2. The van der Waals surface area contributed by atoms with Crippen molar-refractivity contribution in [1.29, 1.82) is 0 Å². The van der Waals surface area contributed by atoms with Gasteiger partial charge in [0.1, 0.15) is 18.2 Å². The van der Waals surface area contributed by atoms with Gasteiger partial charge in [0.15, 0.2) is 0 Å². The van der Waals surface area contributed by atoms with E-state index in [0.717, 1.165) is 115 Å². The number of pyridine rings is 1. The second-order valence-electron chi connectivity index (χ2n) is 19.7. The molecule has 390 valence electrons. The Kier molecular flexibility index (Phi) is 21.8. The summed E-state index contributed by atoms with van der Waals surface area (Å²) in [6.45, 7) is 21.3. The summed E-state index contributed by atoms with van der Waals surface area (Å²) >= 11 is 0. The van der Waals surface area contributed by atoms with E-state index in [-0.39, 0.29) is 54.3 Å². The third-order valence-corrected chi connectivity index (χ3v) is 13.4. The number of likely N-dealkylation sites (N-methyl/N-ethyl adjacent to an activating group) is 1. The maximum atomic E-state index is 14.0. The summed E-state index contributed by atoms with van der Waals surface area (Å²) < 4.78 is 18.7. The third kappa shape index (κ3) is 14.8. The number of amides is 4. The lowest BCUT2D eigenvalue weighted by Crippen LogP contribution is -2.58. The van der Waals surface area contributed by atoms with Crippen LogP contribution in [0.5, 0.6) is 0 Å². The van der Waals surface area contributed by atoms with Crippen LogP contribution in [0.2, 0.25) is 0 Å². The quantitative estimate of drug-likeness (QED) is 0.0740. The largest absolute Gasteiger partial charge is 0.467 e. The zero-order valence-corrected chi connectivity index (χ0v) is 44.4. The molecule has 4 amide bonds. The Hall–Kier alpha value is -6.08. The molecule has 3 fully saturated rings. The molecule has 72 heavy (non-hydrogen) atoms. The van der Waals surface area contributed by atoms with Crippen molar-refractivity contribution >= 4 is 41.5 Å². The second-order valence-corrected chi connectivity index (χ2v) is 19.7. The molecule has 0 bridgehead atoms. The van der Waals surface area contributed by atoms with Gasteiger partial charge in [-0.15, -0.1) is 0 Å². The van der Waals surface area contributed by atoms with Crippen LogP contribution in [0.15, 0.2) is 60.8 Å². The van der Waals surface area contributed by atoms with Gasteiger partial charge in [-0.1, -0.05) is 77.8 Å². The van der Waals surface area contributed by atoms with Gasteiger partial charge in [0.25, 0.3) is 18.3 Å². The van der Waals surface area contributed by atoms with E-state index < -0.39 is 12.1 Å². The van der Waals surface area contributed by atoms with Crippen molar-refractivity contribution in [2.45, 2.75) is 138 Å². The first-order valence-electron chi connectivity index (χ1n) is 25.9. The minimum atomic E-state index is -0.848. The molecule has 2 aromatic carbocycles. The molecule has 5 heterocycles. The molecule has 4 unspecified atom stereocenters. The molecule has 0 saturated carbocycles. The molecule has 15 nitrogen and oxygen atoms in total. The SMILES string of the molecule is CC.CCn1c(-c2cccnc2C(C)OC)c(CC(C)(C)COC=O)c2cc(-c3cccc(CC(NC(=O)C(C(C)C)N(C)C=O)C(=O)N4CCCCN4)c3)ccc21.O=C(C#CC1CCCO1)N1CCCC1. The molecular formula is C57H79N7O8. The minimum absolute atomic E-state index is 0.00144. The molecule has 2 aromatic heterocycles. The number of benzene rings is 2. The number of carbonyl (C=O) groups excluding carboxylic acids is 5. The standard InChI is InChI=1S/C44H58N6O6.C11H15NO2.C2H6/c1-9-49-38-18-17-33(24-35(38)36(25-44(5,6)26-56-28-52)41(49)34-16-13-19-45-39(34)30(4)55-8)32-15-12-14-31(22-32)23-37(43(54)50-21-11-10-20-46-50)47-42(53)40(29(2)3)48(7)27-51;13-11(12-7-1-2-8-12)6-5-10-4-3-9-14-10;1-2/h12-19,22,24,27-30,37,40,46H,9-11,20-21,23,25-26H2,1-8H3,(H,47,53);10H,1-4,7-9H2;1-2H3. The number of aryl methyl sites for hydroxylation is 1. The summed E-state index contributed by atoms with van der Waals surface area (Å²) in [6.07, 6.45) is 9.22. The highest BCUT2D eigenvalue weighted by atomic mass is 16.5. The molecule has 15 heteroatoms. The number of nitrogens with zero attached hydrogens (tertiary/aromatic N) is 5. The Balaban J connectivity index is 0.000000510. The van der Waals surface area contributed by atoms with Crippen molar-refractivity contribution in [2.75, 3.05) is 53.6 Å². The highest BCUT2D eigenvalue weighted by Gasteiger charge is 2.33. The summed E-state index contributed by atoms with van der Waals surface area (Å²) in [5.41, 5.74) is 10.8. The highest BCUT2D eigenvalue weighted by Crippen LogP contribution is 2.42. The van der Waals surface area contributed by atoms with Crippen LogP contribution in [-0.2, 0) is 57.6 Å². The van der Waals surface area contributed by atoms with Crippen LogP contribution in [0.4, 0.5) is 0 Å². The van der Waals surface area contributed by atoms with Gasteiger partial charge in [-0.2, -0.15) is 0 Å². The van der Waals surface area contributed by atoms with E-state index in [1.807, 2.05) is 57.7 Å². The smallest absolute Gasteiger partial charge is 0.298 e. The summed E-state index contributed by atoms with van der Waals surface area (Å²) in [5, 5.41) is 5.71. The van der Waals surface area contributed by atoms with Crippen molar-refractivity contribution in [3.8, 4) is 34.2 Å². The van der Waals surface area contributed by atoms with Crippen molar-refractivity contribution in [3.63, 3.8) is 0 Å². The first kappa shape index (κ1) is 56.8. The van der Waals surface area contributed by atoms with Crippen LogP contribution in [0.1, 0.15) is 117 Å². The van der Waals surface area contributed by atoms with Gasteiger partial charge in [-0.3, -0.25) is 34.0 Å². The maximum absolute atomic E-state index is 14.0. The van der Waals surface area contributed by atoms with Crippen LogP contribution in [0.25, 0.3) is 33.3 Å². The van der Waals surface area contributed by atoms with E-state index in [9.17, 15) is 24.0 Å². The number of rotatable bonds is 18. The van der Waals surface area contributed by atoms with Crippen LogP contribution in [0, 0.1) is 23.2 Å². The van der Waals surface area contributed by atoms with E-state index in [4.69, 9.17) is 19.2 Å². The number of methoxy groups -OCH3 is 1. The lowest BCUT2D eigenvalue weighted by atomic mass is 9.84. The number of hydrazine groups is 1. The zero-order chi connectivity index (χ0) is 52.4. The monoisotopic (exact) mass is 990 g/mol. The van der Waals surface area contributed by atoms with E-state index in [1.165, 1.54) is 4.90 Å². The average molecular weight is 990 g/mol. The number of likely N-dealkylation sites (tertiary alicyclic amines) is 1. The van der Waals surface area contributed by atoms with Crippen LogP contribution in [-0.4, -0.2) is 127 Å². The average Bonchev–Trinajstić information content (AvgIpc) is 4.20. The van der Waals surface area contributed by atoms with Crippen molar-refractivity contribution < 1.29 is 38.2 Å². The summed E-state index contributed by atoms with van der Waals surface area (Å²) in [6, 6.07) is 17.1. The van der Waals surface area contributed by atoms with Gasteiger partial charge >= 0.3 is 0 Å². The molecule has 4 aromatic rings. The van der Waals surface area contributed by atoms with Crippen LogP contribution < -0.4 is 10.7 Å². The Morgan fingerprint density at radius 1 is 0.986 bits per heavy atom. The zero-order valence-electron chi connectivity index (χ0n) is 44.4. The Morgan fingerprint density at radius 3 is 2.36 bits per heavy atom. The number of ether oxygens (including phenoxy) is 3. The van der Waals surface area contributed by atoms with Gasteiger partial charge in [-0.25, -0.2) is 5.43 Å². The van der Waals surface area contributed by atoms with Crippen molar-refractivity contribution in [2.24, 2.45) is 11.3 Å². The first-order valence-corrected chi connectivity index (χ1v) is 25.9. The summed E-state index contributed by atoms with van der Waals surface area (Å²) in [4.78, 5) is 70.0. The van der Waals surface area contributed by atoms with Gasteiger partial charge in [0, 0.05) is 88.0 Å². The predicted octanol–water partition coefficient (Wildman–Crippen LogP) is 7.92. The number of hydrogen-bond acceptors (Lipinski definition) is 10. The Morgan fingerprint density at radius 2 is 1.72 bits per heavy atom. The Bertz CT molecular complexity index is 2490. The summed E-state index contributed by atoms with van der Waals surface area (Å²) in [7, 11) is 3.27. The molecular weight excluding hydrogens is 911 g/mol. The topological polar surface area (TPSA) is 165 Å². The van der Waals surface area contributed by atoms with E-state index in [2.05, 4.69) is 84.3 Å². The van der Waals surface area contributed by atoms with Gasteiger partial charge in [0.05, 0.1) is 24.1 Å². The van der Waals surface area contributed by atoms with Gasteiger partial charge in [0.2, 0.25) is 12.3 Å². The molecule has 3 saturated heterocycles. The third-order valence-electron chi connectivity index (χ3n) is 13.4. The molecule has 7 rings (SSSR count). The number of fused-ring (bicyclic) bond motifs is 1. The second kappa shape index (κ2) is 27.7. The van der Waals surface area contributed by atoms with E-state index >= 15 is 0 Å². The lowest BCUT2D eigenvalue weighted by Gasteiger charge is -2.33.